The van der Waals surface area contributed by atoms with E-state index in [0.717, 1.165) is 10.6 Å². The Labute approximate surface area is 108 Å². The molecule has 1 aromatic rings. The predicted octanol–water partition coefficient (Wildman–Crippen LogP) is -1.15. The van der Waals surface area contributed by atoms with Crippen LogP contribution < -0.4 is 11.4 Å². The van der Waals surface area contributed by atoms with Gasteiger partial charge in [0, 0.05) is 12.0 Å². The first-order chi connectivity index (χ1) is 8.81. The van der Waals surface area contributed by atoms with Crippen molar-refractivity contribution in [1.29, 1.82) is 0 Å². The van der Waals surface area contributed by atoms with Crippen LogP contribution in [0.25, 0.3) is 0 Å². The molecule has 1 rings (SSSR count). The summed E-state index contributed by atoms with van der Waals surface area (Å²) in [6.45, 7) is -0.726. The van der Waals surface area contributed by atoms with Crippen molar-refractivity contribution in [3.8, 4) is 0 Å². The molecule has 0 fully saturated rings. The van der Waals surface area contributed by atoms with Crippen LogP contribution in [0.2, 0.25) is 0 Å². The molecule has 106 valence electrons. The van der Waals surface area contributed by atoms with Crippen molar-refractivity contribution < 1.29 is 24.2 Å². The third-order valence-electron chi connectivity index (χ3n) is 2.00. The largest absolute Gasteiger partial charge is 0.393 e. The first kappa shape index (κ1) is 15.5. The van der Waals surface area contributed by atoms with Crippen molar-refractivity contribution in [2.75, 3.05) is 12.3 Å². The van der Waals surface area contributed by atoms with Gasteiger partial charge < -0.3 is 25.4 Å². The van der Waals surface area contributed by atoms with Crippen LogP contribution in [0.5, 0.6) is 0 Å². The van der Waals surface area contributed by atoms with Crippen molar-refractivity contribution in [3.05, 3.63) is 34.6 Å². The molecule has 0 bridgehead atoms. The number of hydrogen-bond acceptors (Lipinski definition) is 6. The van der Waals surface area contributed by atoms with Gasteiger partial charge in [-0.2, -0.15) is 4.98 Å². The molecule has 0 aliphatic rings. The van der Waals surface area contributed by atoms with Crippen molar-refractivity contribution in [1.82, 2.24) is 9.55 Å². The van der Waals surface area contributed by atoms with E-state index in [1.807, 2.05) is 0 Å². The first-order valence-corrected chi connectivity index (χ1v) is 6.80. The van der Waals surface area contributed by atoms with E-state index in [1.165, 1.54) is 12.3 Å². The molecular weight excluding hydrogens is 277 g/mol. The number of anilines is 1. The quantitative estimate of drug-likeness (QED) is 0.480. The van der Waals surface area contributed by atoms with Gasteiger partial charge in [-0.1, -0.05) is 0 Å². The van der Waals surface area contributed by atoms with Gasteiger partial charge in [0.1, 0.15) is 18.7 Å². The van der Waals surface area contributed by atoms with Gasteiger partial charge >= 0.3 is 13.3 Å². The van der Waals surface area contributed by atoms with Gasteiger partial charge in [0.05, 0.1) is 6.61 Å². The Morgan fingerprint density at radius 1 is 1.58 bits per heavy atom. The lowest BCUT2D eigenvalue weighted by Gasteiger charge is -2.12. The summed E-state index contributed by atoms with van der Waals surface area (Å²) in [6.07, 6.45) is 1.43. The second kappa shape index (κ2) is 6.60. The molecular formula is C9H14N3O6P. The molecule has 5 N–H and O–H groups in total. The Balaban J connectivity index is 2.66. The average molecular weight is 291 g/mol. The Morgan fingerprint density at radius 2 is 2.26 bits per heavy atom. The van der Waals surface area contributed by atoms with Gasteiger partial charge in [-0.3, -0.25) is 9.13 Å². The molecule has 0 aliphatic heterocycles. The topological polar surface area (TPSA) is 148 Å². The minimum absolute atomic E-state index is 0.0707. The maximum Gasteiger partial charge on any atom is 0.351 e. The van der Waals surface area contributed by atoms with E-state index in [-0.39, 0.29) is 12.5 Å². The van der Waals surface area contributed by atoms with Gasteiger partial charge in [-0.05, 0) is 12.1 Å². The Hall–Kier alpha value is -1.51. The predicted molar refractivity (Wildman–Crippen MR) is 66.1 cm³/mol. The van der Waals surface area contributed by atoms with Crippen LogP contribution in [0.4, 0.5) is 5.82 Å². The molecule has 1 heterocycles. The second-order valence-corrected chi connectivity index (χ2v) is 5.03. The summed E-state index contributed by atoms with van der Waals surface area (Å²) in [5, 5.41) is 8.96. The third-order valence-corrected chi connectivity index (χ3v) is 2.56. The molecule has 0 aromatic carbocycles. The molecule has 1 atom stereocenters. The summed E-state index contributed by atoms with van der Waals surface area (Å²) in [5.74, 6) is 0.694. The number of nitrogens with two attached hydrogens (primary N) is 1. The Kier molecular flexibility index (Phi) is 5.40. The molecule has 10 heteroatoms. The number of aliphatic hydroxyl groups excluding tert-OH is 1. The number of hydrogen-bond donors (Lipinski definition) is 4. The minimum atomic E-state index is -4.31. The number of aliphatic hydroxyl groups is 1. The fourth-order valence-corrected chi connectivity index (χ4v) is 1.51. The Bertz CT molecular complexity index is 551. The average Bonchev–Trinajstić information content (AvgIpc) is 2.30. The van der Waals surface area contributed by atoms with E-state index in [0.29, 0.717) is 5.82 Å². The lowest BCUT2D eigenvalue weighted by molar-refractivity contribution is 0.00130. The molecule has 0 amide bonds. The summed E-state index contributed by atoms with van der Waals surface area (Å²) in [5.41, 5.74) is 4.67. The van der Waals surface area contributed by atoms with E-state index in [1.54, 1.807) is 0 Å². The highest BCUT2D eigenvalue weighted by molar-refractivity contribution is 7.55. The molecule has 0 aliphatic carbocycles. The number of nitrogens with zero attached hydrogens (tertiary/aromatic N) is 2. The standard InChI is InChI=1S/C9H14N3O6P/c10-8-1-3-12(9(14)11-8)6-18-7(5-13)2-4-19(15,16)17/h1-4,7,13H,5-6H2,(H2,10,11,14)(H2,15,16,17). The van der Waals surface area contributed by atoms with Gasteiger partial charge in [-0.15, -0.1) is 0 Å². The van der Waals surface area contributed by atoms with E-state index in [9.17, 15) is 9.36 Å². The number of aromatic nitrogens is 2. The zero-order valence-corrected chi connectivity index (χ0v) is 10.7. The second-order valence-electron chi connectivity index (χ2n) is 3.55. The van der Waals surface area contributed by atoms with Gasteiger partial charge in [0.25, 0.3) is 0 Å². The molecule has 1 unspecified atom stereocenters. The lowest BCUT2D eigenvalue weighted by Crippen LogP contribution is -2.27. The number of rotatable bonds is 6. The lowest BCUT2D eigenvalue weighted by atomic mass is 10.4. The van der Waals surface area contributed by atoms with Crippen molar-refractivity contribution >= 4 is 13.4 Å². The van der Waals surface area contributed by atoms with E-state index in [2.05, 4.69) is 4.98 Å². The summed E-state index contributed by atoms with van der Waals surface area (Å²) >= 11 is 0. The van der Waals surface area contributed by atoms with Crippen LogP contribution in [-0.4, -0.2) is 37.2 Å². The molecule has 19 heavy (non-hydrogen) atoms. The third kappa shape index (κ3) is 5.77. The zero-order valence-electron chi connectivity index (χ0n) is 9.79. The van der Waals surface area contributed by atoms with Crippen LogP contribution in [0.3, 0.4) is 0 Å². The van der Waals surface area contributed by atoms with E-state index in [4.69, 9.17) is 25.4 Å². The fourth-order valence-electron chi connectivity index (χ4n) is 1.09. The van der Waals surface area contributed by atoms with Gasteiger partial charge in [0.2, 0.25) is 0 Å². The maximum absolute atomic E-state index is 11.3. The van der Waals surface area contributed by atoms with Crippen molar-refractivity contribution in [2.45, 2.75) is 12.8 Å². The molecule has 0 spiro atoms. The summed E-state index contributed by atoms with van der Waals surface area (Å²) in [6, 6.07) is 1.39. The molecule has 0 radical (unpaired) electrons. The van der Waals surface area contributed by atoms with E-state index >= 15 is 0 Å². The number of nitrogen functional groups attached to an aromatic ring is 1. The molecule has 0 saturated carbocycles. The first-order valence-electron chi connectivity index (χ1n) is 5.12. The van der Waals surface area contributed by atoms with Crippen LogP contribution >= 0.6 is 7.60 Å². The monoisotopic (exact) mass is 291 g/mol. The van der Waals surface area contributed by atoms with Crippen LogP contribution in [0.15, 0.2) is 29.0 Å². The van der Waals surface area contributed by atoms with Crippen molar-refractivity contribution in [2.24, 2.45) is 0 Å². The van der Waals surface area contributed by atoms with Crippen LogP contribution in [0, 0.1) is 0 Å². The minimum Gasteiger partial charge on any atom is -0.393 e. The SMILES string of the molecule is Nc1ccn(COC(C=CP(=O)(O)O)CO)c(=O)n1. The fraction of sp³-hybridized carbons (Fsp3) is 0.333. The highest BCUT2D eigenvalue weighted by atomic mass is 31.2. The highest BCUT2D eigenvalue weighted by Gasteiger charge is 2.10. The number of ether oxygens (including phenoxy) is 1. The van der Waals surface area contributed by atoms with E-state index < -0.39 is 26.0 Å². The highest BCUT2D eigenvalue weighted by Crippen LogP contribution is 2.36. The maximum atomic E-state index is 11.3. The summed E-state index contributed by atoms with van der Waals surface area (Å²) in [7, 11) is -4.31. The molecule has 1 aromatic heterocycles. The van der Waals surface area contributed by atoms with Gasteiger partial charge in [-0.25, -0.2) is 4.79 Å². The van der Waals surface area contributed by atoms with Crippen LogP contribution in [0.1, 0.15) is 0 Å². The van der Waals surface area contributed by atoms with Crippen molar-refractivity contribution in [3.63, 3.8) is 0 Å². The normalized spacial score (nSPS) is 13.8. The summed E-state index contributed by atoms with van der Waals surface area (Å²) in [4.78, 5) is 32.1. The zero-order chi connectivity index (χ0) is 14.5. The molecule has 9 nitrogen and oxygen atoms in total. The van der Waals surface area contributed by atoms with Gasteiger partial charge in [0.15, 0.2) is 0 Å². The smallest absolute Gasteiger partial charge is 0.351 e. The molecule has 0 saturated heterocycles. The summed E-state index contributed by atoms with van der Waals surface area (Å²) < 4.78 is 16.8. The van der Waals surface area contributed by atoms with Crippen LogP contribution in [-0.2, 0) is 16.0 Å². The Morgan fingerprint density at radius 3 is 2.79 bits per heavy atom.